The van der Waals surface area contributed by atoms with E-state index in [1.807, 2.05) is 42.5 Å². The van der Waals surface area contributed by atoms with Crippen LogP contribution in [0.25, 0.3) is 21.7 Å². The number of nitrogens with one attached hydrogen (secondary N) is 1. The van der Waals surface area contributed by atoms with Crippen molar-refractivity contribution in [3.63, 3.8) is 0 Å². The van der Waals surface area contributed by atoms with Crippen LogP contribution < -0.4 is 15.7 Å². The summed E-state index contributed by atoms with van der Waals surface area (Å²) in [6.45, 7) is 0.968. The fourth-order valence-corrected chi connectivity index (χ4v) is 3.64. The Hall–Kier alpha value is -3.64. The monoisotopic (exact) mass is 403 g/mol. The van der Waals surface area contributed by atoms with Gasteiger partial charge in [0.1, 0.15) is 16.9 Å². The summed E-state index contributed by atoms with van der Waals surface area (Å²) in [4.78, 5) is 24.0. The number of carbonyl (C=O) groups is 1. The molecule has 0 fully saturated rings. The number of rotatable bonds is 6. The molecule has 0 atom stereocenters. The van der Waals surface area contributed by atoms with Gasteiger partial charge >= 0.3 is 11.6 Å². The molecule has 0 bridgehead atoms. The predicted octanol–water partition coefficient (Wildman–Crippen LogP) is 4.03. The van der Waals surface area contributed by atoms with Crippen molar-refractivity contribution in [1.29, 1.82) is 0 Å². The molecule has 0 unspecified atom stereocenters. The van der Waals surface area contributed by atoms with Crippen molar-refractivity contribution in [1.82, 2.24) is 5.32 Å². The Morgan fingerprint density at radius 1 is 1.00 bits per heavy atom. The van der Waals surface area contributed by atoms with Crippen LogP contribution in [0.15, 0.2) is 69.9 Å². The van der Waals surface area contributed by atoms with Crippen LogP contribution in [0.4, 0.5) is 0 Å². The van der Waals surface area contributed by atoms with Crippen molar-refractivity contribution in [2.24, 2.45) is 0 Å². The molecule has 0 amide bonds. The van der Waals surface area contributed by atoms with Crippen molar-refractivity contribution in [3.05, 3.63) is 87.8 Å². The number of esters is 1. The van der Waals surface area contributed by atoms with E-state index in [1.165, 1.54) is 20.3 Å². The Labute approximate surface area is 173 Å². The molecule has 0 aliphatic carbocycles. The van der Waals surface area contributed by atoms with Gasteiger partial charge in [0.2, 0.25) is 0 Å². The third-order valence-corrected chi connectivity index (χ3v) is 5.03. The van der Waals surface area contributed by atoms with Crippen LogP contribution in [0.5, 0.6) is 5.75 Å². The number of hydrogen-bond donors (Lipinski definition) is 1. The Bertz CT molecular complexity index is 1290. The average Bonchev–Trinajstić information content (AvgIpc) is 2.77. The highest BCUT2D eigenvalue weighted by Gasteiger charge is 2.14. The molecule has 0 radical (unpaired) electrons. The molecular formula is C24H21NO5. The van der Waals surface area contributed by atoms with Crippen molar-refractivity contribution >= 4 is 27.7 Å². The maximum absolute atomic E-state index is 12.0. The van der Waals surface area contributed by atoms with Crippen LogP contribution in [-0.2, 0) is 17.8 Å². The number of ether oxygens (including phenoxy) is 2. The summed E-state index contributed by atoms with van der Waals surface area (Å²) >= 11 is 0. The van der Waals surface area contributed by atoms with E-state index in [2.05, 4.69) is 5.32 Å². The summed E-state index contributed by atoms with van der Waals surface area (Å²) in [6.07, 6.45) is 0. The summed E-state index contributed by atoms with van der Waals surface area (Å²) in [5, 5.41) is 6.39. The van der Waals surface area contributed by atoms with E-state index in [9.17, 15) is 9.59 Å². The van der Waals surface area contributed by atoms with Gasteiger partial charge in [-0.05, 0) is 40.1 Å². The highest BCUT2D eigenvalue weighted by Crippen LogP contribution is 2.27. The summed E-state index contributed by atoms with van der Waals surface area (Å²) in [7, 11) is 2.85. The van der Waals surface area contributed by atoms with E-state index < -0.39 is 5.97 Å². The van der Waals surface area contributed by atoms with Gasteiger partial charge in [-0.2, -0.15) is 0 Å². The van der Waals surface area contributed by atoms with Gasteiger partial charge < -0.3 is 19.2 Å². The van der Waals surface area contributed by atoms with Gasteiger partial charge in [-0.1, -0.05) is 36.4 Å². The van der Waals surface area contributed by atoms with Crippen molar-refractivity contribution in [2.45, 2.75) is 13.1 Å². The zero-order valence-corrected chi connectivity index (χ0v) is 16.7. The Morgan fingerprint density at radius 3 is 2.63 bits per heavy atom. The SMILES string of the molecule is COC(=O)c1cc(CNCc2cc(=O)oc3ccc4ccccc4c23)ccc1OC. The molecule has 30 heavy (non-hydrogen) atoms. The lowest BCUT2D eigenvalue weighted by molar-refractivity contribution is 0.0597. The minimum atomic E-state index is -0.452. The number of carbonyl (C=O) groups excluding carboxylic acids is 1. The van der Waals surface area contributed by atoms with Gasteiger partial charge in [0, 0.05) is 24.5 Å². The van der Waals surface area contributed by atoms with Gasteiger partial charge in [-0.3, -0.25) is 0 Å². The van der Waals surface area contributed by atoms with Crippen LogP contribution in [0.3, 0.4) is 0 Å². The first kappa shape index (κ1) is 19.7. The van der Waals surface area contributed by atoms with Crippen LogP contribution >= 0.6 is 0 Å². The van der Waals surface area contributed by atoms with E-state index >= 15 is 0 Å². The zero-order chi connectivity index (χ0) is 21.1. The van der Waals surface area contributed by atoms with Crippen LogP contribution in [-0.4, -0.2) is 20.2 Å². The molecule has 1 heterocycles. The van der Waals surface area contributed by atoms with Crippen molar-refractivity contribution < 1.29 is 18.7 Å². The molecule has 0 saturated heterocycles. The molecule has 1 N–H and O–H groups in total. The van der Waals surface area contributed by atoms with Crippen molar-refractivity contribution in [2.75, 3.05) is 14.2 Å². The Kier molecular flexibility index (Phi) is 5.50. The first-order valence-electron chi connectivity index (χ1n) is 9.51. The molecule has 0 spiro atoms. The number of benzene rings is 3. The highest BCUT2D eigenvalue weighted by molar-refractivity contribution is 6.07. The van der Waals surface area contributed by atoms with Gasteiger partial charge in [0.15, 0.2) is 0 Å². The summed E-state index contributed by atoms with van der Waals surface area (Å²) in [6, 6.07) is 18.7. The Morgan fingerprint density at radius 2 is 1.83 bits per heavy atom. The van der Waals surface area contributed by atoms with Gasteiger partial charge in [0.25, 0.3) is 0 Å². The third kappa shape index (κ3) is 3.77. The molecule has 0 saturated carbocycles. The summed E-state index contributed by atoms with van der Waals surface area (Å²) < 4.78 is 15.5. The summed E-state index contributed by atoms with van der Waals surface area (Å²) in [5.41, 5.74) is 2.31. The van der Waals surface area contributed by atoms with Crippen LogP contribution in [0.1, 0.15) is 21.5 Å². The van der Waals surface area contributed by atoms with Gasteiger partial charge in [-0.25, -0.2) is 9.59 Å². The average molecular weight is 403 g/mol. The topological polar surface area (TPSA) is 77.8 Å². The zero-order valence-electron chi connectivity index (χ0n) is 16.7. The second-order valence-corrected chi connectivity index (χ2v) is 6.88. The highest BCUT2D eigenvalue weighted by atomic mass is 16.5. The van der Waals surface area contributed by atoms with Crippen molar-refractivity contribution in [3.8, 4) is 5.75 Å². The molecule has 152 valence electrons. The molecule has 4 rings (SSSR count). The van der Waals surface area contributed by atoms with E-state index in [-0.39, 0.29) is 5.63 Å². The summed E-state index contributed by atoms with van der Waals surface area (Å²) in [5.74, 6) is 0.00978. The largest absolute Gasteiger partial charge is 0.496 e. The van der Waals surface area contributed by atoms with E-state index in [0.29, 0.717) is 30.0 Å². The molecular weight excluding hydrogens is 382 g/mol. The van der Waals surface area contributed by atoms with E-state index in [4.69, 9.17) is 13.9 Å². The lowest BCUT2D eigenvalue weighted by Crippen LogP contribution is -2.15. The second kappa shape index (κ2) is 8.39. The lowest BCUT2D eigenvalue weighted by Gasteiger charge is -2.12. The third-order valence-electron chi connectivity index (χ3n) is 5.03. The predicted molar refractivity (Wildman–Crippen MR) is 115 cm³/mol. The maximum Gasteiger partial charge on any atom is 0.341 e. The normalized spacial score (nSPS) is 11.0. The molecule has 0 aliphatic rings. The molecule has 6 nitrogen and oxygen atoms in total. The van der Waals surface area contributed by atoms with Crippen LogP contribution in [0.2, 0.25) is 0 Å². The first-order chi connectivity index (χ1) is 14.6. The molecule has 1 aromatic heterocycles. The second-order valence-electron chi connectivity index (χ2n) is 6.88. The quantitative estimate of drug-likeness (QED) is 0.298. The lowest BCUT2D eigenvalue weighted by atomic mass is 10.0. The molecule has 4 aromatic rings. The van der Waals surface area contributed by atoms with E-state index in [1.54, 1.807) is 12.1 Å². The molecule has 6 heteroatoms. The van der Waals surface area contributed by atoms with Gasteiger partial charge in [0.05, 0.1) is 14.2 Å². The first-order valence-corrected chi connectivity index (χ1v) is 9.51. The maximum atomic E-state index is 12.0. The number of hydrogen-bond acceptors (Lipinski definition) is 6. The minimum Gasteiger partial charge on any atom is -0.496 e. The minimum absolute atomic E-state index is 0.371. The fraction of sp³-hybridized carbons (Fsp3) is 0.167. The van der Waals surface area contributed by atoms with Crippen LogP contribution in [0, 0.1) is 0 Å². The van der Waals surface area contributed by atoms with E-state index in [0.717, 1.165) is 27.3 Å². The standard InChI is InChI=1S/C24H21NO5/c1-28-20-9-7-15(11-19(20)24(27)29-2)13-25-14-17-12-22(26)30-21-10-8-16-5-3-4-6-18(16)23(17)21/h3-12,25H,13-14H2,1-2H3. The smallest absolute Gasteiger partial charge is 0.341 e. The van der Waals surface area contributed by atoms with Gasteiger partial charge in [-0.15, -0.1) is 0 Å². The Balaban J connectivity index is 1.62. The fourth-order valence-electron chi connectivity index (χ4n) is 3.64. The number of fused-ring (bicyclic) bond motifs is 3. The molecule has 3 aromatic carbocycles. The number of methoxy groups -OCH3 is 2. The molecule has 0 aliphatic heterocycles.